The molecule has 2 amide bonds. The molecule has 10 nitrogen and oxygen atoms in total. The molecular formula is C36H34N2O8. The molecule has 5 rings (SSSR count). The maximum atomic E-state index is 13.8. The van der Waals surface area contributed by atoms with Crippen molar-refractivity contribution in [1.82, 2.24) is 9.80 Å². The van der Waals surface area contributed by atoms with Crippen molar-refractivity contribution in [1.29, 1.82) is 0 Å². The number of carbonyl (C=O) groups excluding carboxylic acids is 2. The van der Waals surface area contributed by atoms with Gasteiger partial charge in [0.05, 0.1) is 23.7 Å². The fraction of sp³-hybridized carbons (Fsp3) is 0.222. The normalized spacial score (nSPS) is 18.5. The van der Waals surface area contributed by atoms with Crippen LogP contribution in [0.2, 0.25) is 0 Å². The van der Waals surface area contributed by atoms with Crippen molar-refractivity contribution in [3.8, 4) is 23.0 Å². The highest BCUT2D eigenvalue weighted by atomic mass is 16.5. The standard InChI is InChI=1S/C36H34N2O8/c1-37(21-23-11-9-17-27(19-23)45-25-13-5-3-6-14-25)33(39)29-30(32(36(43)44)31(29)35(41)42)34(40)38(2)22-24-12-10-18-28(20-24)46-26-15-7-4-8-16-26/h3-20,29-32H,21-22H2,1-2H3,(H,41,42)(H,43,44). The van der Waals surface area contributed by atoms with Gasteiger partial charge in [0.1, 0.15) is 23.0 Å². The fourth-order valence-corrected chi connectivity index (χ4v) is 5.85. The second-order valence-corrected chi connectivity index (χ2v) is 11.3. The average molecular weight is 623 g/mol. The number of rotatable bonds is 12. The number of benzene rings is 4. The Labute approximate surface area is 266 Å². The zero-order chi connectivity index (χ0) is 32.8. The molecule has 10 heteroatoms. The van der Waals surface area contributed by atoms with Crippen LogP contribution in [0.25, 0.3) is 0 Å². The van der Waals surface area contributed by atoms with Crippen LogP contribution in [0.5, 0.6) is 23.0 Å². The third-order valence-electron chi connectivity index (χ3n) is 8.03. The molecule has 0 bridgehead atoms. The van der Waals surface area contributed by atoms with E-state index in [4.69, 9.17) is 9.47 Å². The molecule has 236 valence electrons. The van der Waals surface area contributed by atoms with Crippen LogP contribution in [0.1, 0.15) is 11.1 Å². The van der Waals surface area contributed by atoms with Gasteiger partial charge in [0.25, 0.3) is 0 Å². The van der Waals surface area contributed by atoms with Gasteiger partial charge in [-0.2, -0.15) is 0 Å². The van der Waals surface area contributed by atoms with Crippen LogP contribution in [0.3, 0.4) is 0 Å². The van der Waals surface area contributed by atoms with Crippen molar-refractivity contribution in [3.05, 3.63) is 120 Å². The minimum atomic E-state index is -1.55. The highest BCUT2D eigenvalue weighted by molar-refractivity contribution is 5.99. The Hall–Kier alpha value is -5.64. The second kappa shape index (κ2) is 14.0. The first kappa shape index (κ1) is 31.8. The number of carbonyl (C=O) groups is 4. The lowest BCUT2D eigenvalue weighted by atomic mass is 9.55. The number of nitrogens with zero attached hydrogens (tertiary/aromatic N) is 2. The van der Waals surface area contributed by atoms with E-state index in [1.807, 2.05) is 60.7 Å². The Bertz CT molecular complexity index is 1580. The summed E-state index contributed by atoms with van der Waals surface area (Å²) in [5, 5.41) is 19.9. The predicted molar refractivity (Wildman–Crippen MR) is 168 cm³/mol. The molecule has 4 aromatic carbocycles. The summed E-state index contributed by atoms with van der Waals surface area (Å²) in [7, 11) is 3.01. The largest absolute Gasteiger partial charge is 0.481 e. The monoisotopic (exact) mass is 622 g/mol. The first-order valence-electron chi connectivity index (χ1n) is 14.7. The third-order valence-corrected chi connectivity index (χ3v) is 8.03. The summed E-state index contributed by atoms with van der Waals surface area (Å²) in [6.07, 6.45) is 0. The van der Waals surface area contributed by atoms with E-state index in [1.54, 1.807) is 48.5 Å². The SMILES string of the molecule is CN(Cc1cccc(Oc2ccccc2)c1)C(=O)C1C(C(=O)O)C(C(=O)O)C1C(=O)N(C)Cc1cccc(Oc2ccccc2)c1. The van der Waals surface area contributed by atoms with Crippen molar-refractivity contribution >= 4 is 23.8 Å². The lowest BCUT2D eigenvalue weighted by molar-refractivity contribution is -0.187. The average Bonchev–Trinajstić information content (AvgIpc) is 3.01. The number of ether oxygens (including phenoxy) is 2. The lowest BCUT2D eigenvalue weighted by Crippen LogP contribution is -2.63. The van der Waals surface area contributed by atoms with Crippen molar-refractivity contribution in [2.24, 2.45) is 23.7 Å². The van der Waals surface area contributed by atoms with E-state index in [0.29, 0.717) is 34.1 Å². The van der Waals surface area contributed by atoms with Crippen LogP contribution in [0, 0.1) is 23.7 Å². The summed E-state index contributed by atoms with van der Waals surface area (Å²) >= 11 is 0. The number of hydrogen-bond acceptors (Lipinski definition) is 6. The number of aliphatic carboxylic acids is 2. The van der Waals surface area contributed by atoms with E-state index >= 15 is 0 Å². The predicted octanol–water partition coefficient (Wildman–Crippen LogP) is 5.54. The Kier molecular flexibility index (Phi) is 9.66. The van der Waals surface area contributed by atoms with Gasteiger partial charge in [-0.15, -0.1) is 0 Å². The van der Waals surface area contributed by atoms with Gasteiger partial charge in [0.15, 0.2) is 0 Å². The van der Waals surface area contributed by atoms with Gasteiger partial charge in [-0.25, -0.2) is 0 Å². The molecular weight excluding hydrogens is 588 g/mol. The van der Waals surface area contributed by atoms with Crippen LogP contribution in [-0.2, 0) is 32.3 Å². The highest BCUT2D eigenvalue weighted by Gasteiger charge is 2.64. The molecule has 0 saturated heterocycles. The maximum Gasteiger partial charge on any atom is 0.308 e. The summed E-state index contributed by atoms with van der Waals surface area (Å²) in [4.78, 5) is 54.6. The Balaban J connectivity index is 1.31. The van der Waals surface area contributed by atoms with E-state index in [1.165, 1.54) is 23.9 Å². The molecule has 4 unspecified atom stereocenters. The topological polar surface area (TPSA) is 134 Å². The van der Waals surface area contributed by atoms with Gasteiger partial charge in [-0.3, -0.25) is 19.2 Å². The van der Waals surface area contributed by atoms with Gasteiger partial charge >= 0.3 is 11.9 Å². The minimum Gasteiger partial charge on any atom is -0.481 e. The van der Waals surface area contributed by atoms with E-state index < -0.39 is 47.4 Å². The molecule has 1 fully saturated rings. The minimum absolute atomic E-state index is 0.0936. The van der Waals surface area contributed by atoms with E-state index in [-0.39, 0.29) is 13.1 Å². The molecule has 1 aliphatic rings. The molecule has 4 aromatic rings. The van der Waals surface area contributed by atoms with Gasteiger partial charge in [0, 0.05) is 27.2 Å². The molecule has 0 radical (unpaired) electrons. The fourth-order valence-electron chi connectivity index (χ4n) is 5.85. The summed E-state index contributed by atoms with van der Waals surface area (Å²) < 4.78 is 11.8. The van der Waals surface area contributed by atoms with Gasteiger partial charge in [-0.1, -0.05) is 60.7 Å². The van der Waals surface area contributed by atoms with E-state index in [0.717, 1.165) is 0 Å². The molecule has 0 aliphatic heterocycles. The lowest BCUT2D eigenvalue weighted by Gasteiger charge is -2.47. The van der Waals surface area contributed by atoms with Gasteiger partial charge in [-0.05, 0) is 59.7 Å². The highest BCUT2D eigenvalue weighted by Crippen LogP contribution is 2.48. The number of carboxylic acids is 2. The zero-order valence-electron chi connectivity index (χ0n) is 25.4. The van der Waals surface area contributed by atoms with E-state index in [2.05, 4.69) is 0 Å². The van der Waals surface area contributed by atoms with Crippen LogP contribution in [0.15, 0.2) is 109 Å². The summed E-state index contributed by atoms with van der Waals surface area (Å²) in [5.74, 6) is -7.53. The first-order chi connectivity index (χ1) is 22.1. The van der Waals surface area contributed by atoms with Crippen LogP contribution in [0.4, 0.5) is 0 Å². The number of para-hydroxylation sites is 2. The smallest absolute Gasteiger partial charge is 0.308 e. The molecule has 46 heavy (non-hydrogen) atoms. The van der Waals surface area contributed by atoms with Gasteiger partial charge in [0.2, 0.25) is 11.8 Å². The van der Waals surface area contributed by atoms with Crippen molar-refractivity contribution in [3.63, 3.8) is 0 Å². The number of carboxylic acid groups (broad SMARTS) is 2. The summed E-state index contributed by atoms with van der Waals surface area (Å²) in [6.45, 7) is 0.187. The zero-order valence-corrected chi connectivity index (χ0v) is 25.4. The second-order valence-electron chi connectivity index (χ2n) is 11.3. The van der Waals surface area contributed by atoms with Crippen molar-refractivity contribution < 1.29 is 38.9 Å². The molecule has 4 atom stereocenters. The quantitative estimate of drug-likeness (QED) is 0.211. The van der Waals surface area contributed by atoms with Crippen LogP contribution in [-0.4, -0.2) is 57.9 Å². The number of amides is 2. The third kappa shape index (κ3) is 7.18. The van der Waals surface area contributed by atoms with Crippen molar-refractivity contribution in [2.45, 2.75) is 13.1 Å². The molecule has 1 aliphatic carbocycles. The van der Waals surface area contributed by atoms with Gasteiger partial charge < -0.3 is 29.5 Å². The molecule has 0 heterocycles. The maximum absolute atomic E-state index is 13.8. The molecule has 2 N–H and O–H groups in total. The summed E-state index contributed by atoms with van der Waals surface area (Å²) in [6, 6.07) is 32.6. The summed E-state index contributed by atoms with van der Waals surface area (Å²) in [5.41, 5.74) is 1.42. The molecule has 0 aromatic heterocycles. The Morgan fingerprint density at radius 3 is 1.22 bits per heavy atom. The van der Waals surface area contributed by atoms with Crippen LogP contribution < -0.4 is 9.47 Å². The van der Waals surface area contributed by atoms with E-state index in [9.17, 15) is 29.4 Å². The Morgan fingerprint density at radius 1 is 0.522 bits per heavy atom. The Morgan fingerprint density at radius 2 is 0.870 bits per heavy atom. The van der Waals surface area contributed by atoms with Crippen LogP contribution >= 0.6 is 0 Å². The molecule has 0 spiro atoms. The first-order valence-corrected chi connectivity index (χ1v) is 14.7. The van der Waals surface area contributed by atoms with Crippen molar-refractivity contribution in [2.75, 3.05) is 14.1 Å². The number of hydrogen-bond donors (Lipinski definition) is 2. The molecule has 1 saturated carbocycles.